The lowest BCUT2D eigenvalue weighted by Crippen LogP contribution is -1.90. The Morgan fingerprint density at radius 1 is 1.13 bits per heavy atom. The van der Waals surface area contributed by atoms with Crippen molar-refractivity contribution in [3.8, 4) is 21.8 Å². The molecule has 5 nitrogen and oxygen atoms in total. The highest BCUT2D eigenvalue weighted by atomic mass is 32.1. The first-order valence-electron chi connectivity index (χ1n) is 6.88. The molecule has 0 radical (unpaired) electrons. The van der Waals surface area contributed by atoms with Crippen LogP contribution in [0.2, 0.25) is 0 Å². The van der Waals surface area contributed by atoms with Crippen LogP contribution in [0.4, 0.5) is 0 Å². The van der Waals surface area contributed by atoms with E-state index in [2.05, 4.69) is 9.97 Å². The molecule has 0 spiro atoms. The molecule has 0 atom stereocenters. The van der Waals surface area contributed by atoms with E-state index in [1.54, 1.807) is 31.7 Å². The van der Waals surface area contributed by atoms with Crippen molar-refractivity contribution in [3.63, 3.8) is 0 Å². The second-order valence-corrected chi connectivity index (χ2v) is 5.84. The van der Waals surface area contributed by atoms with E-state index < -0.39 is 5.97 Å². The van der Waals surface area contributed by atoms with Crippen molar-refractivity contribution in [2.75, 3.05) is 0 Å². The number of carboxylic acid groups (broad SMARTS) is 1. The van der Waals surface area contributed by atoms with Gasteiger partial charge in [0.2, 0.25) is 0 Å². The topological polar surface area (TPSA) is 76.0 Å². The molecule has 1 N–H and O–H groups in total. The second kappa shape index (κ2) is 6.50. The molecule has 0 bridgehead atoms. The van der Waals surface area contributed by atoms with Crippen LogP contribution in [0.25, 0.3) is 27.4 Å². The largest absolute Gasteiger partial charge is 0.478 e. The zero-order chi connectivity index (χ0) is 16.2. The maximum Gasteiger partial charge on any atom is 0.328 e. The van der Waals surface area contributed by atoms with Crippen LogP contribution >= 0.6 is 11.3 Å². The first-order chi connectivity index (χ1) is 11.1. The van der Waals surface area contributed by atoms with Gasteiger partial charge in [0.25, 0.3) is 0 Å². The Morgan fingerprint density at radius 2 is 1.91 bits per heavy atom. The van der Waals surface area contributed by atoms with Gasteiger partial charge in [0, 0.05) is 42.0 Å². The van der Waals surface area contributed by atoms with Crippen LogP contribution in [-0.4, -0.2) is 26.0 Å². The van der Waals surface area contributed by atoms with Gasteiger partial charge in [-0.1, -0.05) is 0 Å². The molecule has 3 aromatic heterocycles. The first kappa shape index (κ1) is 15.1. The van der Waals surface area contributed by atoms with Gasteiger partial charge in [0.05, 0.1) is 10.6 Å². The number of rotatable bonds is 4. The molecule has 0 aliphatic heterocycles. The number of carboxylic acids is 1. The molecular weight excluding hydrogens is 310 g/mol. The highest BCUT2D eigenvalue weighted by Crippen LogP contribution is 2.37. The first-order valence-corrected chi connectivity index (χ1v) is 7.70. The molecule has 0 aliphatic carbocycles. The van der Waals surface area contributed by atoms with Crippen molar-refractivity contribution in [2.45, 2.75) is 6.92 Å². The summed E-state index contributed by atoms with van der Waals surface area (Å²) >= 11 is 1.46. The van der Waals surface area contributed by atoms with E-state index in [9.17, 15) is 4.79 Å². The van der Waals surface area contributed by atoms with Gasteiger partial charge >= 0.3 is 5.97 Å². The van der Waals surface area contributed by atoms with E-state index in [4.69, 9.17) is 10.1 Å². The highest BCUT2D eigenvalue weighted by Gasteiger charge is 2.16. The van der Waals surface area contributed by atoms with Crippen molar-refractivity contribution in [1.29, 1.82) is 0 Å². The maximum atomic E-state index is 11.0. The van der Waals surface area contributed by atoms with Gasteiger partial charge in [-0.3, -0.25) is 9.97 Å². The molecule has 0 saturated heterocycles. The van der Waals surface area contributed by atoms with Gasteiger partial charge in [0.15, 0.2) is 0 Å². The molecule has 0 aliphatic rings. The lowest BCUT2D eigenvalue weighted by Gasteiger charge is -2.01. The average Bonchev–Trinajstić information content (AvgIpc) is 3.01. The van der Waals surface area contributed by atoms with E-state index in [1.165, 1.54) is 17.4 Å². The van der Waals surface area contributed by atoms with Crippen LogP contribution in [0.1, 0.15) is 11.8 Å². The van der Waals surface area contributed by atoms with Gasteiger partial charge in [-0.15, -0.1) is 11.3 Å². The summed E-state index contributed by atoms with van der Waals surface area (Å²) in [6.45, 7) is 1.78. The third kappa shape index (κ3) is 3.32. The number of hydrogen-bond acceptors (Lipinski definition) is 5. The predicted molar refractivity (Wildman–Crippen MR) is 89.9 cm³/mol. The standard InChI is InChI=1S/C17H13N3O2S/c1-11(9-14(21)22)16-15(13-3-2-6-19-10-13)20-17(23-16)12-4-7-18-8-5-12/h2-10H,1H3,(H,21,22)/b11-9+. The summed E-state index contributed by atoms with van der Waals surface area (Å²) in [6.07, 6.45) is 8.03. The number of thiazole rings is 1. The second-order valence-electron chi connectivity index (χ2n) is 4.84. The van der Waals surface area contributed by atoms with Crippen LogP contribution in [0.3, 0.4) is 0 Å². The Labute approximate surface area is 137 Å². The van der Waals surface area contributed by atoms with E-state index in [0.717, 1.165) is 26.7 Å². The molecule has 114 valence electrons. The summed E-state index contributed by atoms with van der Waals surface area (Å²) in [5.41, 5.74) is 3.21. The fourth-order valence-electron chi connectivity index (χ4n) is 2.15. The van der Waals surface area contributed by atoms with Crippen LogP contribution in [0.15, 0.2) is 55.1 Å². The lowest BCUT2D eigenvalue weighted by atomic mass is 10.1. The Hall–Kier alpha value is -2.86. The van der Waals surface area contributed by atoms with Crippen molar-refractivity contribution in [3.05, 3.63) is 60.0 Å². The maximum absolute atomic E-state index is 11.0. The van der Waals surface area contributed by atoms with Crippen LogP contribution in [-0.2, 0) is 4.79 Å². The quantitative estimate of drug-likeness (QED) is 0.740. The van der Waals surface area contributed by atoms with Crippen LogP contribution in [0.5, 0.6) is 0 Å². The van der Waals surface area contributed by atoms with Gasteiger partial charge in [-0.25, -0.2) is 9.78 Å². The number of carbonyl (C=O) groups is 1. The van der Waals surface area contributed by atoms with Crippen molar-refractivity contribution >= 4 is 22.9 Å². The summed E-state index contributed by atoms with van der Waals surface area (Å²) in [5.74, 6) is -0.974. The molecule has 0 saturated carbocycles. The lowest BCUT2D eigenvalue weighted by molar-refractivity contribution is -0.131. The number of allylic oxidation sites excluding steroid dienone is 1. The molecule has 6 heteroatoms. The molecular formula is C17H13N3O2S. The van der Waals surface area contributed by atoms with Crippen molar-refractivity contribution in [1.82, 2.24) is 15.0 Å². The minimum Gasteiger partial charge on any atom is -0.478 e. The number of nitrogens with zero attached hydrogens (tertiary/aromatic N) is 3. The van der Waals surface area contributed by atoms with Crippen LogP contribution < -0.4 is 0 Å². The van der Waals surface area contributed by atoms with Crippen LogP contribution in [0, 0.1) is 0 Å². The highest BCUT2D eigenvalue weighted by molar-refractivity contribution is 7.16. The summed E-state index contributed by atoms with van der Waals surface area (Å²) in [4.78, 5) is 24.7. The van der Waals surface area contributed by atoms with E-state index in [1.807, 2.05) is 24.3 Å². The van der Waals surface area contributed by atoms with E-state index in [0.29, 0.717) is 5.57 Å². The zero-order valence-corrected chi connectivity index (χ0v) is 13.1. The normalized spacial score (nSPS) is 11.4. The van der Waals surface area contributed by atoms with Gasteiger partial charge < -0.3 is 5.11 Å². The molecule has 0 fully saturated rings. The third-order valence-corrected chi connectivity index (χ3v) is 4.43. The van der Waals surface area contributed by atoms with Gasteiger partial charge in [0.1, 0.15) is 5.01 Å². The fraction of sp³-hybridized carbons (Fsp3) is 0.0588. The summed E-state index contributed by atoms with van der Waals surface area (Å²) in [5, 5.41) is 9.84. The minimum atomic E-state index is -0.974. The zero-order valence-electron chi connectivity index (χ0n) is 12.3. The number of hydrogen-bond donors (Lipinski definition) is 1. The SMILES string of the molecule is C/C(=C\C(=O)O)c1sc(-c2ccncc2)nc1-c1cccnc1. The predicted octanol–water partition coefficient (Wildman–Crippen LogP) is 3.76. The minimum absolute atomic E-state index is 0.661. The molecule has 3 rings (SSSR count). The molecule has 0 unspecified atom stereocenters. The Balaban J connectivity index is 2.17. The van der Waals surface area contributed by atoms with E-state index >= 15 is 0 Å². The average molecular weight is 323 g/mol. The summed E-state index contributed by atoms with van der Waals surface area (Å²) in [6, 6.07) is 7.51. The Bertz CT molecular complexity index is 858. The number of aliphatic carboxylic acids is 1. The third-order valence-electron chi connectivity index (χ3n) is 3.19. The number of pyridine rings is 2. The number of aromatic nitrogens is 3. The van der Waals surface area contributed by atoms with E-state index in [-0.39, 0.29) is 0 Å². The molecule has 3 aromatic rings. The van der Waals surface area contributed by atoms with Crippen molar-refractivity contribution in [2.24, 2.45) is 0 Å². The molecule has 0 aromatic carbocycles. The van der Waals surface area contributed by atoms with Gasteiger partial charge in [-0.05, 0) is 36.8 Å². The van der Waals surface area contributed by atoms with Gasteiger partial charge in [-0.2, -0.15) is 0 Å². The molecule has 0 amide bonds. The Kier molecular flexibility index (Phi) is 4.25. The molecule has 3 heterocycles. The monoisotopic (exact) mass is 323 g/mol. The van der Waals surface area contributed by atoms with Crippen molar-refractivity contribution < 1.29 is 9.90 Å². The smallest absolute Gasteiger partial charge is 0.328 e. The summed E-state index contributed by atoms with van der Waals surface area (Å²) in [7, 11) is 0. The molecule has 23 heavy (non-hydrogen) atoms. The Morgan fingerprint density at radius 3 is 2.57 bits per heavy atom. The summed E-state index contributed by atoms with van der Waals surface area (Å²) < 4.78 is 0. The fourth-order valence-corrected chi connectivity index (χ4v) is 3.22.